The van der Waals surface area contributed by atoms with E-state index in [1.807, 2.05) is 27.0 Å². The summed E-state index contributed by atoms with van der Waals surface area (Å²) in [4.78, 5) is 25.7. The Morgan fingerprint density at radius 1 is 1.39 bits per heavy atom. The first-order valence-electron chi connectivity index (χ1n) is 7.49. The normalized spacial score (nSPS) is 16.7. The summed E-state index contributed by atoms with van der Waals surface area (Å²) in [5.41, 5.74) is -1.11. The van der Waals surface area contributed by atoms with Crippen LogP contribution >= 0.6 is 22.6 Å². The van der Waals surface area contributed by atoms with Crippen molar-refractivity contribution in [1.82, 2.24) is 14.7 Å². The van der Waals surface area contributed by atoms with Crippen LogP contribution in [0.5, 0.6) is 0 Å². The van der Waals surface area contributed by atoms with E-state index < -0.39 is 11.1 Å². The third kappa shape index (κ3) is 4.36. The predicted molar refractivity (Wildman–Crippen MR) is 92.0 cm³/mol. The molecule has 1 aliphatic heterocycles. The molecular formula is C15H22IN3O4. The average Bonchev–Trinajstić information content (AvgIpc) is 2.78. The third-order valence-corrected chi connectivity index (χ3v) is 3.99. The number of likely N-dealkylation sites (tertiary alicyclic amines) is 1. The van der Waals surface area contributed by atoms with E-state index in [1.54, 1.807) is 22.7 Å². The van der Waals surface area contributed by atoms with Crippen LogP contribution in [-0.4, -0.2) is 52.0 Å². The largest absolute Gasteiger partial charge is 0.466 e. The number of nitrogens with zero attached hydrogens (tertiary/aromatic N) is 3. The molecule has 0 atom stereocenters. The van der Waals surface area contributed by atoms with Crippen LogP contribution in [0.25, 0.3) is 0 Å². The third-order valence-electron chi connectivity index (χ3n) is 3.44. The topological polar surface area (TPSA) is 73.7 Å². The highest BCUT2D eigenvalue weighted by Gasteiger charge is 2.50. The van der Waals surface area contributed by atoms with Gasteiger partial charge in [0, 0.05) is 6.20 Å². The molecule has 2 heterocycles. The maximum atomic E-state index is 12.1. The number of halogens is 1. The number of rotatable bonds is 4. The van der Waals surface area contributed by atoms with Gasteiger partial charge in [-0.05, 0) is 50.3 Å². The second-order valence-electron chi connectivity index (χ2n) is 6.65. The fraction of sp³-hybridized carbons (Fsp3) is 0.667. The van der Waals surface area contributed by atoms with E-state index >= 15 is 0 Å². The number of hydrogen-bond donors (Lipinski definition) is 0. The van der Waals surface area contributed by atoms with Gasteiger partial charge in [0.25, 0.3) is 0 Å². The highest BCUT2D eigenvalue weighted by Crippen LogP contribution is 2.34. The van der Waals surface area contributed by atoms with Crippen LogP contribution in [0.1, 0.15) is 34.1 Å². The summed E-state index contributed by atoms with van der Waals surface area (Å²) in [6, 6.07) is 0. The summed E-state index contributed by atoms with van der Waals surface area (Å²) in [5, 5.41) is 4.31. The van der Waals surface area contributed by atoms with Crippen molar-refractivity contribution in [2.75, 3.05) is 19.7 Å². The van der Waals surface area contributed by atoms with Crippen LogP contribution in [0, 0.1) is 3.57 Å². The van der Waals surface area contributed by atoms with Crippen molar-refractivity contribution in [1.29, 1.82) is 0 Å². The van der Waals surface area contributed by atoms with Gasteiger partial charge in [0.05, 0.1) is 35.9 Å². The molecule has 128 valence electrons. The van der Waals surface area contributed by atoms with Crippen molar-refractivity contribution in [3.8, 4) is 0 Å². The predicted octanol–water partition coefficient (Wildman–Crippen LogP) is 2.39. The van der Waals surface area contributed by atoms with E-state index in [9.17, 15) is 9.59 Å². The number of amides is 1. The quantitative estimate of drug-likeness (QED) is 0.537. The molecule has 0 aliphatic carbocycles. The Hall–Kier alpha value is -1.32. The molecule has 0 N–H and O–H groups in total. The lowest BCUT2D eigenvalue weighted by atomic mass is 9.86. The molecule has 1 saturated heterocycles. The van der Waals surface area contributed by atoms with E-state index in [4.69, 9.17) is 9.47 Å². The summed E-state index contributed by atoms with van der Waals surface area (Å²) in [5.74, 6) is -0.290. The Morgan fingerprint density at radius 2 is 2.04 bits per heavy atom. The van der Waals surface area contributed by atoms with Gasteiger partial charge in [0.1, 0.15) is 11.1 Å². The first-order chi connectivity index (χ1) is 10.6. The number of esters is 1. The van der Waals surface area contributed by atoms with Crippen LogP contribution in [0.15, 0.2) is 12.4 Å². The fourth-order valence-electron chi connectivity index (χ4n) is 2.50. The lowest BCUT2D eigenvalue weighted by Gasteiger charge is -2.49. The molecule has 0 spiro atoms. The summed E-state index contributed by atoms with van der Waals surface area (Å²) in [6.07, 6.45) is 3.40. The Kier molecular flexibility index (Phi) is 5.22. The van der Waals surface area contributed by atoms with E-state index in [1.165, 1.54) is 0 Å². The minimum Gasteiger partial charge on any atom is -0.466 e. The number of ether oxygens (including phenoxy) is 2. The molecule has 1 fully saturated rings. The molecule has 7 nitrogen and oxygen atoms in total. The SMILES string of the molecule is CCOC(=O)CC1(n2cc(I)cn2)CN(C(=O)OC(C)(C)C)C1. The van der Waals surface area contributed by atoms with Gasteiger partial charge in [-0.3, -0.25) is 9.48 Å². The molecule has 1 aromatic heterocycles. The number of hydrogen-bond acceptors (Lipinski definition) is 5. The van der Waals surface area contributed by atoms with Crippen LogP contribution in [-0.2, 0) is 19.8 Å². The Bertz CT molecular complexity index is 588. The van der Waals surface area contributed by atoms with Crippen molar-refractivity contribution in [2.24, 2.45) is 0 Å². The maximum Gasteiger partial charge on any atom is 0.410 e. The zero-order chi connectivity index (χ0) is 17.3. The van der Waals surface area contributed by atoms with Crippen molar-refractivity contribution in [3.63, 3.8) is 0 Å². The first kappa shape index (κ1) is 18.0. The zero-order valence-corrected chi connectivity index (χ0v) is 16.0. The molecule has 2 rings (SSSR count). The van der Waals surface area contributed by atoms with Crippen molar-refractivity contribution >= 4 is 34.7 Å². The first-order valence-corrected chi connectivity index (χ1v) is 8.57. The molecule has 0 aromatic carbocycles. The van der Waals surface area contributed by atoms with E-state index in [0.717, 1.165) is 3.57 Å². The van der Waals surface area contributed by atoms with E-state index in [0.29, 0.717) is 19.7 Å². The maximum absolute atomic E-state index is 12.1. The molecule has 0 radical (unpaired) electrons. The lowest BCUT2D eigenvalue weighted by Crippen LogP contribution is -2.65. The van der Waals surface area contributed by atoms with Gasteiger partial charge < -0.3 is 14.4 Å². The molecule has 23 heavy (non-hydrogen) atoms. The molecule has 1 aromatic rings. The Balaban J connectivity index is 2.10. The van der Waals surface area contributed by atoms with Gasteiger partial charge >= 0.3 is 12.1 Å². The van der Waals surface area contributed by atoms with Gasteiger partial charge in [-0.2, -0.15) is 5.10 Å². The van der Waals surface area contributed by atoms with Gasteiger partial charge in [-0.15, -0.1) is 0 Å². The summed E-state index contributed by atoms with van der Waals surface area (Å²) < 4.78 is 13.2. The highest BCUT2D eigenvalue weighted by molar-refractivity contribution is 14.1. The lowest BCUT2D eigenvalue weighted by molar-refractivity contribution is -0.149. The van der Waals surface area contributed by atoms with Gasteiger partial charge in [0.15, 0.2) is 0 Å². The summed E-state index contributed by atoms with van der Waals surface area (Å²) in [7, 11) is 0. The number of carbonyl (C=O) groups excluding carboxylic acids is 2. The highest BCUT2D eigenvalue weighted by atomic mass is 127. The molecule has 0 unspecified atom stereocenters. The average molecular weight is 435 g/mol. The standard InChI is InChI=1S/C15H22IN3O4/c1-5-22-12(20)6-15(19-8-11(16)7-17-19)9-18(10-15)13(21)23-14(2,3)4/h7-8H,5-6,9-10H2,1-4H3. The van der Waals surface area contributed by atoms with Gasteiger partial charge in [0.2, 0.25) is 0 Å². The molecule has 0 bridgehead atoms. The fourth-order valence-corrected chi connectivity index (χ4v) is 2.89. The second-order valence-corrected chi connectivity index (χ2v) is 7.89. The van der Waals surface area contributed by atoms with Gasteiger partial charge in [-0.25, -0.2) is 4.79 Å². The molecular weight excluding hydrogens is 413 g/mol. The van der Waals surface area contributed by atoms with Crippen LogP contribution in [0.4, 0.5) is 4.79 Å². The minimum absolute atomic E-state index is 0.178. The van der Waals surface area contributed by atoms with Gasteiger partial charge in [-0.1, -0.05) is 0 Å². The van der Waals surface area contributed by atoms with Crippen molar-refractivity contribution in [2.45, 2.75) is 45.3 Å². The molecule has 1 aliphatic rings. The van der Waals surface area contributed by atoms with Crippen LogP contribution < -0.4 is 0 Å². The number of aromatic nitrogens is 2. The van der Waals surface area contributed by atoms with Crippen LogP contribution in [0.2, 0.25) is 0 Å². The van der Waals surface area contributed by atoms with Crippen LogP contribution in [0.3, 0.4) is 0 Å². The monoisotopic (exact) mass is 435 g/mol. The smallest absolute Gasteiger partial charge is 0.410 e. The van der Waals surface area contributed by atoms with E-state index in [-0.39, 0.29) is 18.5 Å². The van der Waals surface area contributed by atoms with Crippen molar-refractivity contribution in [3.05, 3.63) is 16.0 Å². The summed E-state index contributed by atoms with van der Waals surface area (Å²) in [6.45, 7) is 8.33. The summed E-state index contributed by atoms with van der Waals surface area (Å²) >= 11 is 2.16. The number of carbonyl (C=O) groups is 2. The van der Waals surface area contributed by atoms with E-state index in [2.05, 4.69) is 27.7 Å². The molecule has 0 saturated carbocycles. The molecule has 1 amide bonds. The second kappa shape index (κ2) is 6.66. The molecule has 8 heteroatoms. The zero-order valence-electron chi connectivity index (χ0n) is 13.8. The minimum atomic E-state index is -0.563. The Morgan fingerprint density at radius 3 is 2.52 bits per heavy atom. The van der Waals surface area contributed by atoms with Crippen molar-refractivity contribution < 1.29 is 19.1 Å². The Labute approximate surface area is 149 Å².